The lowest BCUT2D eigenvalue weighted by atomic mass is 9.38. The van der Waals surface area contributed by atoms with Gasteiger partial charge in [0.2, 0.25) is 0 Å². The predicted molar refractivity (Wildman–Crippen MR) is 234 cm³/mol. The van der Waals surface area contributed by atoms with Gasteiger partial charge in [-0.3, -0.25) is 0 Å². The summed E-state index contributed by atoms with van der Waals surface area (Å²) >= 11 is 0. The van der Waals surface area contributed by atoms with Gasteiger partial charge in [-0.15, -0.1) is 0 Å². The van der Waals surface area contributed by atoms with Gasteiger partial charge in [-0.1, -0.05) is 53.2 Å². The normalized spacial score (nSPS) is 51.6. The van der Waals surface area contributed by atoms with Gasteiger partial charge < -0.3 is 89.7 Å². The summed E-state index contributed by atoms with van der Waals surface area (Å²) < 4.78 is 35.8. The van der Waals surface area contributed by atoms with Crippen molar-refractivity contribution < 1.29 is 89.7 Å². The number of aliphatic hydroxyl groups excluding tert-OH is 12. The Morgan fingerprint density at radius 3 is 1.89 bits per heavy atom. The molecule has 3 saturated heterocycles. The van der Waals surface area contributed by atoms with Crippen LogP contribution in [0.15, 0.2) is 11.6 Å². The van der Waals surface area contributed by atoms with Crippen LogP contribution in [0.5, 0.6) is 0 Å². The number of hydrogen-bond acceptors (Lipinski definition) is 18. The van der Waals surface area contributed by atoms with Crippen LogP contribution in [-0.2, 0) is 28.4 Å². The van der Waals surface area contributed by atoms with Gasteiger partial charge in [-0.2, -0.15) is 0 Å². The second-order valence-electron chi connectivity index (χ2n) is 23.0. The van der Waals surface area contributed by atoms with Gasteiger partial charge in [-0.25, -0.2) is 0 Å². The van der Waals surface area contributed by atoms with Crippen molar-refractivity contribution in [1.82, 2.24) is 0 Å². The van der Waals surface area contributed by atoms with E-state index in [2.05, 4.69) is 47.6 Å². The number of rotatable bonds is 13. The van der Waals surface area contributed by atoms with E-state index < -0.39 is 140 Å². The molecule has 0 amide bonds. The summed E-state index contributed by atoms with van der Waals surface area (Å²) in [5.74, 6) is 0.640. The summed E-state index contributed by atoms with van der Waals surface area (Å²) in [6.45, 7) is 17.0. The highest BCUT2D eigenvalue weighted by Crippen LogP contribution is 2.75. The summed E-state index contributed by atoms with van der Waals surface area (Å²) in [5.41, 5.74) is -1.39. The minimum atomic E-state index is -1.72. The zero-order chi connectivity index (χ0) is 48.8. The maximum atomic E-state index is 12.5. The lowest BCUT2D eigenvalue weighted by molar-refractivity contribution is -0.378. The molecule has 0 aromatic carbocycles. The minimum absolute atomic E-state index is 0.0737. The fourth-order valence-corrected chi connectivity index (χ4v) is 14.2. The second kappa shape index (κ2) is 19.2. The fourth-order valence-electron chi connectivity index (χ4n) is 14.2. The van der Waals surface area contributed by atoms with Crippen LogP contribution in [0.1, 0.15) is 114 Å². The summed E-state index contributed by atoms with van der Waals surface area (Å²) in [5, 5.41) is 129. The molecule has 66 heavy (non-hydrogen) atoms. The van der Waals surface area contributed by atoms with E-state index in [1.165, 1.54) is 12.5 Å². The van der Waals surface area contributed by atoms with Gasteiger partial charge in [0.05, 0.1) is 43.2 Å². The molecule has 6 fully saturated rings. The van der Waals surface area contributed by atoms with Gasteiger partial charge in [0.15, 0.2) is 18.9 Å². The molecular formula is C48H82O18. The molecule has 0 aromatic rings. The molecule has 25 atom stereocenters. The number of aliphatic hydroxyl groups is 12. The maximum absolute atomic E-state index is 12.5. The molecule has 4 aliphatic carbocycles. The van der Waals surface area contributed by atoms with Crippen LogP contribution in [0.2, 0.25) is 0 Å². The average Bonchev–Trinajstić information content (AvgIpc) is 3.53. The first-order valence-electron chi connectivity index (χ1n) is 24.4. The molecule has 0 radical (unpaired) electrons. The maximum Gasteiger partial charge on any atom is 0.187 e. The quantitative estimate of drug-likeness (QED) is 0.108. The molecule has 1 unspecified atom stereocenters. The summed E-state index contributed by atoms with van der Waals surface area (Å²) in [4.78, 5) is 0. The molecule has 382 valence electrons. The molecule has 18 heteroatoms. The molecule has 3 saturated carbocycles. The van der Waals surface area contributed by atoms with E-state index in [9.17, 15) is 61.3 Å². The lowest BCUT2D eigenvalue weighted by Gasteiger charge is -2.67. The molecule has 3 heterocycles. The third-order valence-electron chi connectivity index (χ3n) is 18.8. The van der Waals surface area contributed by atoms with Gasteiger partial charge in [0.1, 0.15) is 67.1 Å². The van der Waals surface area contributed by atoms with E-state index in [0.29, 0.717) is 25.7 Å². The minimum Gasteiger partial charge on any atom is -0.394 e. The topological polar surface area (TPSA) is 298 Å². The third kappa shape index (κ3) is 8.69. The van der Waals surface area contributed by atoms with Gasteiger partial charge in [0.25, 0.3) is 0 Å². The Morgan fingerprint density at radius 2 is 1.27 bits per heavy atom. The Bertz CT molecular complexity index is 1700. The molecule has 0 bridgehead atoms. The number of hydrogen-bond donors (Lipinski definition) is 12. The highest BCUT2D eigenvalue weighted by atomic mass is 16.8. The van der Waals surface area contributed by atoms with E-state index >= 15 is 0 Å². The lowest BCUT2D eigenvalue weighted by Crippen LogP contribution is -2.65. The Morgan fingerprint density at radius 1 is 0.697 bits per heavy atom. The largest absolute Gasteiger partial charge is 0.394 e. The van der Waals surface area contributed by atoms with Crippen molar-refractivity contribution >= 4 is 0 Å². The van der Waals surface area contributed by atoms with E-state index in [0.717, 1.165) is 25.7 Å². The molecule has 7 rings (SSSR count). The van der Waals surface area contributed by atoms with Crippen molar-refractivity contribution in [2.45, 2.75) is 230 Å². The first-order valence-corrected chi connectivity index (χ1v) is 24.4. The zero-order valence-corrected chi connectivity index (χ0v) is 40.2. The molecule has 18 nitrogen and oxygen atoms in total. The van der Waals surface area contributed by atoms with Crippen LogP contribution in [0.3, 0.4) is 0 Å². The predicted octanol–water partition coefficient (Wildman–Crippen LogP) is -0.0284. The number of fused-ring (bicyclic) bond motifs is 5. The van der Waals surface area contributed by atoms with Gasteiger partial charge >= 0.3 is 0 Å². The summed E-state index contributed by atoms with van der Waals surface area (Å²) in [7, 11) is 0. The van der Waals surface area contributed by atoms with E-state index in [1.807, 2.05) is 0 Å². The monoisotopic (exact) mass is 947 g/mol. The van der Waals surface area contributed by atoms with Crippen LogP contribution in [0, 0.1) is 45.3 Å². The van der Waals surface area contributed by atoms with Crippen molar-refractivity contribution in [1.29, 1.82) is 0 Å². The van der Waals surface area contributed by atoms with E-state index in [-0.39, 0.29) is 34.5 Å². The zero-order valence-electron chi connectivity index (χ0n) is 40.2. The first kappa shape index (κ1) is 52.8. The van der Waals surface area contributed by atoms with Crippen LogP contribution in [-0.4, -0.2) is 191 Å². The molecule has 7 aliphatic rings. The highest BCUT2D eigenvalue weighted by molar-refractivity contribution is 5.32. The van der Waals surface area contributed by atoms with Crippen LogP contribution < -0.4 is 0 Å². The van der Waals surface area contributed by atoms with Crippen molar-refractivity contribution in [2.75, 3.05) is 13.2 Å². The Kier molecular flexibility index (Phi) is 15.4. The van der Waals surface area contributed by atoms with Crippen molar-refractivity contribution in [3.63, 3.8) is 0 Å². The van der Waals surface area contributed by atoms with Gasteiger partial charge in [-0.05, 0) is 107 Å². The van der Waals surface area contributed by atoms with Crippen LogP contribution >= 0.6 is 0 Å². The SMILES string of the molecule is C[C@H](CC[C@@H](O)C(C)(C)O[C@@H]1O[C@H](CO)[C@@H](O)[C@@H](O)[C@H]1O[C@@H]1O[C@H](C)[C@@H](O)[C@@H](O)[C@H]1O)[C@H]1CC[C@@]2(C)[C@@H]3CC=C4[C@@H](CCC(O[C@@H]5O[C@H](CO)[C@@H](O)[C@@H](O)[C@H]5O)C4(C)C)[C@]3(C)[C@H](O)C[C@]12C. The number of ether oxygens (including phenoxy) is 6. The Labute approximate surface area is 388 Å². The van der Waals surface area contributed by atoms with Crippen LogP contribution in [0.25, 0.3) is 0 Å². The molecule has 3 aliphatic heterocycles. The average molecular weight is 947 g/mol. The van der Waals surface area contributed by atoms with E-state index in [1.54, 1.807) is 13.8 Å². The summed E-state index contributed by atoms with van der Waals surface area (Å²) in [6, 6.07) is 0. The first-order chi connectivity index (χ1) is 30.7. The smallest absolute Gasteiger partial charge is 0.187 e. The van der Waals surface area contributed by atoms with Crippen molar-refractivity contribution in [3.05, 3.63) is 11.6 Å². The van der Waals surface area contributed by atoms with E-state index in [4.69, 9.17) is 28.4 Å². The fraction of sp³-hybridized carbons (Fsp3) is 0.958. The Hall–Kier alpha value is -0.980. The molecule has 0 aromatic heterocycles. The van der Waals surface area contributed by atoms with Crippen molar-refractivity contribution in [2.24, 2.45) is 45.3 Å². The van der Waals surface area contributed by atoms with Crippen LogP contribution in [0.4, 0.5) is 0 Å². The third-order valence-corrected chi connectivity index (χ3v) is 18.8. The highest BCUT2D eigenvalue weighted by Gasteiger charge is 2.70. The van der Waals surface area contributed by atoms with Gasteiger partial charge in [0, 0.05) is 10.8 Å². The standard InChI is InChI=1S/C48H82O18/c1-21(10-14-29(51)45(5,6)66-43-40(37(58)34(55)27(20-50)63-43)65-41-38(59)35(56)32(53)22(2)61-41)23-16-17-46(7)28-13-11-24-25(48(28,9)30(52)18-47(23,46)8)12-15-31(44(24,3)4)64-42-39(60)36(57)33(54)26(19-49)62-42/h11,21-23,25-43,49-60H,10,12-20H2,1-9H3/t21-,22-,23-,25-,26-,27-,28+,29-,30-,31?,32-,33-,34-,35-,36-,37-,38-,39-,40-,41+,42+,43+,46+,47-,48+/m1/s1. The summed E-state index contributed by atoms with van der Waals surface area (Å²) in [6.07, 6.45) is -15.6. The Balaban J connectivity index is 1.02. The number of allylic oxidation sites excluding steroid dienone is 1. The van der Waals surface area contributed by atoms with Crippen molar-refractivity contribution in [3.8, 4) is 0 Å². The molecule has 12 N–H and O–H groups in total. The second-order valence-corrected chi connectivity index (χ2v) is 23.0. The molecular weight excluding hydrogens is 865 g/mol. The molecule has 0 spiro atoms.